The molecule has 20 heavy (non-hydrogen) atoms. The fraction of sp³-hybridized carbons (Fsp3) is 0.643. The van der Waals surface area contributed by atoms with Gasteiger partial charge in [0.25, 0.3) is 0 Å². The van der Waals surface area contributed by atoms with Crippen LogP contribution in [-0.4, -0.2) is 22.5 Å². The highest BCUT2D eigenvalue weighted by atomic mass is 16.6. The molecule has 1 aliphatic carbocycles. The summed E-state index contributed by atoms with van der Waals surface area (Å²) in [6.07, 6.45) is 5.97. The number of nitrogens with two attached hydrogens (primary N) is 1. The third-order valence-electron chi connectivity index (χ3n) is 4.00. The second kappa shape index (κ2) is 6.65. The van der Waals surface area contributed by atoms with E-state index in [1.807, 2.05) is 6.92 Å². The Morgan fingerprint density at radius 2 is 2.15 bits per heavy atom. The van der Waals surface area contributed by atoms with E-state index in [0.717, 1.165) is 18.5 Å². The van der Waals surface area contributed by atoms with Crippen molar-refractivity contribution in [2.24, 2.45) is 11.7 Å². The zero-order valence-corrected chi connectivity index (χ0v) is 11.8. The van der Waals surface area contributed by atoms with Gasteiger partial charge in [-0.1, -0.05) is 19.3 Å². The van der Waals surface area contributed by atoms with Crippen molar-refractivity contribution in [2.75, 3.05) is 11.9 Å². The summed E-state index contributed by atoms with van der Waals surface area (Å²) in [4.78, 5) is 14.9. The van der Waals surface area contributed by atoms with Gasteiger partial charge in [0.15, 0.2) is 0 Å². The zero-order chi connectivity index (χ0) is 14.5. The van der Waals surface area contributed by atoms with Gasteiger partial charge in [-0.3, -0.25) is 10.1 Å². The monoisotopic (exact) mass is 278 g/mol. The smallest absolute Gasteiger partial charge is 0.311 e. The number of pyridine rings is 1. The molecule has 1 aromatic rings. The molecule has 1 unspecified atom stereocenters. The molecule has 1 aromatic heterocycles. The Labute approximate surface area is 118 Å². The van der Waals surface area contributed by atoms with Crippen molar-refractivity contribution in [2.45, 2.75) is 45.1 Å². The molecule has 0 spiro atoms. The van der Waals surface area contributed by atoms with Crippen molar-refractivity contribution >= 4 is 11.5 Å². The minimum atomic E-state index is -0.400. The Morgan fingerprint density at radius 3 is 2.75 bits per heavy atom. The lowest BCUT2D eigenvalue weighted by atomic mass is 9.84. The first-order chi connectivity index (χ1) is 9.61. The van der Waals surface area contributed by atoms with Crippen LogP contribution in [-0.2, 0) is 0 Å². The fourth-order valence-electron chi connectivity index (χ4n) is 2.88. The summed E-state index contributed by atoms with van der Waals surface area (Å²) in [5.74, 6) is 0.826. The molecule has 1 fully saturated rings. The van der Waals surface area contributed by atoms with E-state index in [0.29, 0.717) is 18.3 Å². The third kappa shape index (κ3) is 3.45. The quantitative estimate of drug-likeness (QED) is 0.637. The molecule has 110 valence electrons. The van der Waals surface area contributed by atoms with Crippen LogP contribution in [0.15, 0.2) is 12.1 Å². The number of hydrogen-bond donors (Lipinski definition) is 2. The lowest BCUT2D eigenvalue weighted by molar-refractivity contribution is -0.384. The first-order valence-corrected chi connectivity index (χ1v) is 7.20. The van der Waals surface area contributed by atoms with Crippen LogP contribution in [0.25, 0.3) is 0 Å². The van der Waals surface area contributed by atoms with Crippen LogP contribution in [0.5, 0.6) is 0 Å². The van der Waals surface area contributed by atoms with Crippen LogP contribution in [0, 0.1) is 23.0 Å². The van der Waals surface area contributed by atoms with Crippen LogP contribution in [0.2, 0.25) is 0 Å². The van der Waals surface area contributed by atoms with Gasteiger partial charge in [-0.15, -0.1) is 0 Å². The fourth-order valence-corrected chi connectivity index (χ4v) is 2.88. The van der Waals surface area contributed by atoms with Crippen molar-refractivity contribution in [1.82, 2.24) is 4.98 Å². The van der Waals surface area contributed by atoms with Gasteiger partial charge in [0.05, 0.1) is 4.92 Å². The summed E-state index contributed by atoms with van der Waals surface area (Å²) in [5.41, 5.74) is 6.64. The zero-order valence-electron chi connectivity index (χ0n) is 11.8. The molecule has 0 saturated heterocycles. The molecular weight excluding hydrogens is 256 g/mol. The van der Waals surface area contributed by atoms with E-state index in [1.165, 1.54) is 25.3 Å². The van der Waals surface area contributed by atoms with Crippen LogP contribution >= 0.6 is 0 Å². The van der Waals surface area contributed by atoms with Gasteiger partial charge in [-0.25, -0.2) is 4.98 Å². The molecule has 0 aromatic carbocycles. The molecule has 0 amide bonds. The summed E-state index contributed by atoms with van der Waals surface area (Å²) in [5, 5.41) is 14.3. The van der Waals surface area contributed by atoms with Gasteiger partial charge in [0.2, 0.25) is 5.82 Å². The Bertz CT molecular complexity index is 472. The third-order valence-corrected chi connectivity index (χ3v) is 4.00. The summed E-state index contributed by atoms with van der Waals surface area (Å²) in [7, 11) is 0. The van der Waals surface area contributed by atoms with E-state index in [9.17, 15) is 10.1 Å². The first kappa shape index (κ1) is 14.7. The summed E-state index contributed by atoms with van der Waals surface area (Å²) in [6, 6.07) is 3.21. The molecule has 1 aliphatic rings. The predicted octanol–water partition coefficient (Wildman–Crippen LogP) is 2.62. The Morgan fingerprint density at radius 1 is 1.45 bits per heavy atom. The standard InChI is InChI=1S/C14H22N4O2/c1-10-7-8-13(18(19)20)14(16-10)17-12(9-15)11-5-3-2-4-6-11/h7-8,11-12H,2-6,9,15H2,1H3,(H,16,17). The number of nitrogens with zero attached hydrogens (tertiary/aromatic N) is 2. The number of nitro groups is 1. The molecule has 6 heteroatoms. The van der Waals surface area contributed by atoms with Gasteiger partial charge in [0, 0.05) is 24.3 Å². The highest BCUT2D eigenvalue weighted by Gasteiger charge is 2.25. The second-order valence-corrected chi connectivity index (χ2v) is 5.46. The number of anilines is 1. The van der Waals surface area contributed by atoms with Gasteiger partial charge < -0.3 is 11.1 Å². The number of aromatic nitrogens is 1. The molecule has 0 aliphatic heterocycles. The Balaban J connectivity index is 2.17. The van der Waals surface area contributed by atoms with Gasteiger partial charge in [-0.2, -0.15) is 0 Å². The summed E-state index contributed by atoms with van der Waals surface area (Å²) >= 11 is 0. The van der Waals surface area contributed by atoms with Crippen molar-refractivity contribution in [1.29, 1.82) is 0 Å². The summed E-state index contributed by atoms with van der Waals surface area (Å²) in [6.45, 7) is 2.30. The molecular formula is C14H22N4O2. The minimum Gasteiger partial charge on any atom is -0.360 e. The molecule has 3 N–H and O–H groups in total. The van der Waals surface area contributed by atoms with E-state index in [-0.39, 0.29) is 11.7 Å². The number of aryl methyl sites for hydroxylation is 1. The highest BCUT2D eigenvalue weighted by molar-refractivity contribution is 5.56. The average molecular weight is 278 g/mol. The maximum Gasteiger partial charge on any atom is 0.311 e. The largest absolute Gasteiger partial charge is 0.360 e. The minimum absolute atomic E-state index is 0.0184. The van der Waals surface area contributed by atoms with E-state index < -0.39 is 4.92 Å². The second-order valence-electron chi connectivity index (χ2n) is 5.46. The molecule has 0 bridgehead atoms. The van der Waals surface area contributed by atoms with Crippen molar-refractivity contribution in [3.05, 3.63) is 27.9 Å². The number of hydrogen-bond acceptors (Lipinski definition) is 5. The van der Waals surface area contributed by atoms with Crippen molar-refractivity contribution < 1.29 is 4.92 Å². The number of nitrogens with one attached hydrogen (secondary N) is 1. The maximum atomic E-state index is 11.1. The van der Waals surface area contributed by atoms with Crippen LogP contribution < -0.4 is 11.1 Å². The normalized spacial score (nSPS) is 17.7. The first-order valence-electron chi connectivity index (χ1n) is 7.20. The maximum absolute atomic E-state index is 11.1. The average Bonchev–Trinajstić information content (AvgIpc) is 2.45. The molecule has 0 radical (unpaired) electrons. The van der Waals surface area contributed by atoms with Gasteiger partial charge >= 0.3 is 5.69 Å². The Kier molecular flexibility index (Phi) is 4.89. The molecule has 6 nitrogen and oxygen atoms in total. The molecule has 1 saturated carbocycles. The highest BCUT2D eigenvalue weighted by Crippen LogP contribution is 2.30. The Hall–Kier alpha value is -1.69. The van der Waals surface area contributed by atoms with Crippen LogP contribution in [0.4, 0.5) is 11.5 Å². The van der Waals surface area contributed by atoms with Gasteiger partial charge in [0.1, 0.15) is 0 Å². The van der Waals surface area contributed by atoms with Crippen LogP contribution in [0.3, 0.4) is 0 Å². The van der Waals surface area contributed by atoms with Crippen molar-refractivity contribution in [3.63, 3.8) is 0 Å². The predicted molar refractivity (Wildman–Crippen MR) is 78.7 cm³/mol. The number of rotatable bonds is 5. The molecule has 2 rings (SSSR count). The van der Waals surface area contributed by atoms with Gasteiger partial charge in [-0.05, 0) is 31.7 Å². The van der Waals surface area contributed by atoms with E-state index in [1.54, 1.807) is 6.07 Å². The lowest BCUT2D eigenvalue weighted by Crippen LogP contribution is -2.37. The van der Waals surface area contributed by atoms with E-state index in [2.05, 4.69) is 10.3 Å². The topological polar surface area (TPSA) is 94.1 Å². The molecule has 1 atom stereocenters. The van der Waals surface area contributed by atoms with Crippen LogP contribution in [0.1, 0.15) is 37.8 Å². The molecule has 1 heterocycles. The summed E-state index contributed by atoms with van der Waals surface area (Å²) < 4.78 is 0. The van der Waals surface area contributed by atoms with Crippen molar-refractivity contribution in [3.8, 4) is 0 Å². The SMILES string of the molecule is Cc1ccc([N+](=O)[O-])c(NC(CN)C2CCCCC2)n1. The lowest BCUT2D eigenvalue weighted by Gasteiger charge is -2.30. The van der Waals surface area contributed by atoms with E-state index in [4.69, 9.17) is 5.73 Å². The van der Waals surface area contributed by atoms with E-state index >= 15 is 0 Å².